The third-order valence-corrected chi connectivity index (χ3v) is 4.05. The summed E-state index contributed by atoms with van der Waals surface area (Å²) in [6.07, 6.45) is 0. The molecular formula is C10H9ClN4OS2. The van der Waals surface area contributed by atoms with Crippen molar-refractivity contribution in [2.75, 3.05) is 11.1 Å². The summed E-state index contributed by atoms with van der Waals surface area (Å²) in [5.74, 6) is -0.175. The maximum absolute atomic E-state index is 10.6. The molecule has 8 heteroatoms. The number of benzene rings is 1. The molecule has 0 aliphatic rings. The van der Waals surface area contributed by atoms with Crippen molar-refractivity contribution in [2.24, 2.45) is 5.73 Å². The fraction of sp³-hybridized carbons (Fsp3) is 0.100. The first kappa shape index (κ1) is 13.1. The second-order valence-corrected chi connectivity index (χ2v) is 5.90. The van der Waals surface area contributed by atoms with Gasteiger partial charge in [-0.25, -0.2) is 0 Å². The van der Waals surface area contributed by atoms with Crippen LogP contribution in [-0.4, -0.2) is 21.9 Å². The molecular weight excluding hydrogens is 292 g/mol. The fourth-order valence-corrected chi connectivity index (χ4v) is 2.84. The van der Waals surface area contributed by atoms with E-state index in [0.29, 0.717) is 14.5 Å². The normalized spacial score (nSPS) is 10.3. The van der Waals surface area contributed by atoms with Gasteiger partial charge >= 0.3 is 0 Å². The molecule has 0 aliphatic heterocycles. The Balaban J connectivity index is 2.00. The van der Waals surface area contributed by atoms with Crippen molar-refractivity contribution in [3.05, 3.63) is 29.3 Å². The van der Waals surface area contributed by atoms with E-state index in [0.717, 1.165) is 5.69 Å². The molecule has 0 atom stereocenters. The summed E-state index contributed by atoms with van der Waals surface area (Å²) < 4.78 is 0.693. The minimum atomic E-state index is -0.375. The largest absolute Gasteiger partial charge is 0.369 e. The van der Waals surface area contributed by atoms with Crippen LogP contribution in [0.25, 0.3) is 0 Å². The molecule has 2 aromatic rings. The van der Waals surface area contributed by atoms with Gasteiger partial charge in [-0.2, -0.15) is 0 Å². The topological polar surface area (TPSA) is 80.9 Å². The maximum Gasteiger partial charge on any atom is 0.227 e. The molecule has 18 heavy (non-hydrogen) atoms. The van der Waals surface area contributed by atoms with E-state index in [1.54, 1.807) is 12.1 Å². The molecule has 0 saturated heterocycles. The lowest BCUT2D eigenvalue weighted by molar-refractivity contribution is -0.115. The van der Waals surface area contributed by atoms with Crippen LogP contribution in [0.15, 0.2) is 28.6 Å². The molecule has 2 rings (SSSR count). The number of nitrogens with zero attached hydrogens (tertiary/aromatic N) is 2. The summed E-state index contributed by atoms with van der Waals surface area (Å²) in [7, 11) is 0. The summed E-state index contributed by atoms with van der Waals surface area (Å²) in [6.45, 7) is 0. The summed E-state index contributed by atoms with van der Waals surface area (Å²) >= 11 is 8.49. The summed E-state index contributed by atoms with van der Waals surface area (Å²) in [6, 6.07) is 7.30. The van der Waals surface area contributed by atoms with Gasteiger partial charge in [-0.3, -0.25) is 4.79 Å². The number of primary amides is 1. The standard InChI is InChI=1S/C10H9ClN4OS2/c11-6-2-1-3-7(4-6)13-9-14-15-10(18-9)17-5-8(12)16/h1-4H,5H2,(H2,12,16)(H,13,14). The van der Waals surface area contributed by atoms with Gasteiger partial charge < -0.3 is 11.1 Å². The zero-order valence-electron chi connectivity index (χ0n) is 9.09. The lowest BCUT2D eigenvalue weighted by atomic mass is 10.3. The van der Waals surface area contributed by atoms with Crippen molar-refractivity contribution in [3.63, 3.8) is 0 Å². The Kier molecular flexibility index (Phi) is 4.40. The van der Waals surface area contributed by atoms with Gasteiger partial charge in [-0.05, 0) is 18.2 Å². The quantitative estimate of drug-likeness (QED) is 0.829. The van der Waals surface area contributed by atoms with E-state index in [4.69, 9.17) is 17.3 Å². The van der Waals surface area contributed by atoms with Crippen LogP contribution in [0.1, 0.15) is 0 Å². The number of carbonyl (C=O) groups excluding carboxylic acids is 1. The number of hydrogen-bond acceptors (Lipinski definition) is 6. The molecule has 1 aromatic heterocycles. The molecule has 1 amide bonds. The van der Waals surface area contributed by atoms with Crippen LogP contribution in [-0.2, 0) is 4.79 Å². The highest BCUT2D eigenvalue weighted by Gasteiger charge is 2.06. The van der Waals surface area contributed by atoms with Crippen LogP contribution in [0.5, 0.6) is 0 Å². The van der Waals surface area contributed by atoms with Gasteiger partial charge in [0.1, 0.15) is 0 Å². The number of halogens is 1. The first-order chi connectivity index (χ1) is 8.63. The number of nitrogens with one attached hydrogen (secondary N) is 1. The van der Waals surface area contributed by atoms with E-state index in [1.807, 2.05) is 12.1 Å². The molecule has 0 aliphatic carbocycles. The van der Waals surface area contributed by atoms with Crippen LogP contribution >= 0.6 is 34.7 Å². The summed E-state index contributed by atoms with van der Waals surface area (Å²) in [4.78, 5) is 10.6. The van der Waals surface area contributed by atoms with Gasteiger partial charge in [0.25, 0.3) is 0 Å². The predicted octanol–water partition coefficient (Wildman–Crippen LogP) is 2.51. The molecule has 5 nitrogen and oxygen atoms in total. The SMILES string of the molecule is NC(=O)CSc1nnc(Nc2cccc(Cl)c2)s1. The summed E-state index contributed by atoms with van der Waals surface area (Å²) in [5.41, 5.74) is 5.89. The number of anilines is 2. The first-order valence-corrected chi connectivity index (χ1v) is 7.09. The van der Waals surface area contributed by atoms with E-state index < -0.39 is 0 Å². The molecule has 0 spiro atoms. The Labute approximate surface area is 117 Å². The second kappa shape index (κ2) is 6.03. The molecule has 3 N–H and O–H groups in total. The average molecular weight is 301 g/mol. The van der Waals surface area contributed by atoms with E-state index in [1.165, 1.54) is 23.1 Å². The number of amides is 1. The van der Waals surface area contributed by atoms with Crippen molar-refractivity contribution in [3.8, 4) is 0 Å². The van der Waals surface area contributed by atoms with Crippen molar-refractivity contribution in [1.82, 2.24) is 10.2 Å². The minimum Gasteiger partial charge on any atom is -0.369 e. The lowest BCUT2D eigenvalue weighted by Crippen LogP contribution is -2.12. The first-order valence-electron chi connectivity index (χ1n) is 4.90. The van der Waals surface area contributed by atoms with Crippen LogP contribution < -0.4 is 11.1 Å². The number of aromatic nitrogens is 2. The predicted molar refractivity (Wildman–Crippen MR) is 74.6 cm³/mol. The number of thioether (sulfide) groups is 1. The van der Waals surface area contributed by atoms with Crippen LogP contribution in [0.4, 0.5) is 10.8 Å². The van der Waals surface area contributed by atoms with Crippen molar-refractivity contribution in [1.29, 1.82) is 0 Å². The highest BCUT2D eigenvalue weighted by atomic mass is 35.5. The van der Waals surface area contributed by atoms with Gasteiger partial charge in [-0.15, -0.1) is 10.2 Å². The summed E-state index contributed by atoms with van der Waals surface area (Å²) in [5, 5.41) is 12.3. The average Bonchev–Trinajstić information content (AvgIpc) is 2.74. The van der Waals surface area contributed by atoms with Gasteiger partial charge in [0.05, 0.1) is 5.75 Å². The van der Waals surface area contributed by atoms with Crippen molar-refractivity contribution >= 4 is 51.4 Å². The second-order valence-electron chi connectivity index (χ2n) is 3.26. The lowest BCUT2D eigenvalue weighted by Gasteiger charge is -2.00. The maximum atomic E-state index is 10.6. The Morgan fingerprint density at radius 2 is 2.33 bits per heavy atom. The Hall–Kier alpha value is -1.31. The number of nitrogens with two attached hydrogens (primary N) is 1. The minimum absolute atomic E-state index is 0.200. The molecule has 94 valence electrons. The molecule has 0 unspecified atom stereocenters. The van der Waals surface area contributed by atoms with Crippen LogP contribution in [0, 0.1) is 0 Å². The molecule has 0 fully saturated rings. The van der Waals surface area contributed by atoms with Crippen molar-refractivity contribution < 1.29 is 4.79 Å². The molecule has 1 heterocycles. The fourth-order valence-electron chi connectivity index (χ4n) is 1.14. The van der Waals surface area contributed by atoms with Gasteiger partial charge in [-0.1, -0.05) is 40.8 Å². The van der Waals surface area contributed by atoms with Gasteiger partial charge in [0.2, 0.25) is 11.0 Å². The molecule has 0 radical (unpaired) electrons. The molecule has 1 aromatic carbocycles. The smallest absolute Gasteiger partial charge is 0.227 e. The number of hydrogen-bond donors (Lipinski definition) is 2. The monoisotopic (exact) mass is 300 g/mol. The zero-order chi connectivity index (χ0) is 13.0. The van der Waals surface area contributed by atoms with E-state index in [-0.39, 0.29) is 11.7 Å². The third-order valence-electron chi connectivity index (χ3n) is 1.82. The zero-order valence-corrected chi connectivity index (χ0v) is 11.5. The van der Waals surface area contributed by atoms with E-state index in [2.05, 4.69) is 15.5 Å². The third kappa shape index (κ3) is 3.86. The van der Waals surface area contributed by atoms with Crippen LogP contribution in [0.2, 0.25) is 5.02 Å². The molecule has 0 saturated carbocycles. The molecule has 0 bridgehead atoms. The van der Waals surface area contributed by atoms with Gasteiger partial charge in [0, 0.05) is 10.7 Å². The van der Waals surface area contributed by atoms with E-state index >= 15 is 0 Å². The number of rotatable bonds is 5. The number of carbonyl (C=O) groups is 1. The van der Waals surface area contributed by atoms with Crippen LogP contribution in [0.3, 0.4) is 0 Å². The Bertz CT molecular complexity index is 560. The van der Waals surface area contributed by atoms with E-state index in [9.17, 15) is 4.79 Å². The highest BCUT2D eigenvalue weighted by Crippen LogP contribution is 2.28. The Morgan fingerprint density at radius 3 is 3.06 bits per heavy atom. The van der Waals surface area contributed by atoms with Crippen molar-refractivity contribution in [2.45, 2.75) is 4.34 Å². The Morgan fingerprint density at radius 1 is 1.50 bits per heavy atom. The highest BCUT2D eigenvalue weighted by molar-refractivity contribution is 8.01. The van der Waals surface area contributed by atoms with Gasteiger partial charge in [0.15, 0.2) is 4.34 Å².